The molecule has 1 aliphatic rings. The smallest absolute Gasteiger partial charge is 0.271 e. The number of hydrogen-bond acceptors (Lipinski definition) is 5. The van der Waals surface area contributed by atoms with Crippen LogP contribution in [0.4, 0.5) is 14.6 Å². The largest absolute Gasteiger partial charge is 0.354 e. The number of fused-ring (bicyclic) bond motifs is 2. The zero-order valence-corrected chi connectivity index (χ0v) is 17.9. The van der Waals surface area contributed by atoms with E-state index in [1.165, 1.54) is 6.07 Å². The summed E-state index contributed by atoms with van der Waals surface area (Å²) >= 11 is 8.94. The number of benzene rings is 1. The first-order chi connectivity index (χ1) is 13.8. The quantitative estimate of drug-likeness (QED) is 0.443. The van der Waals surface area contributed by atoms with E-state index in [1.54, 1.807) is 11.7 Å². The van der Waals surface area contributed by atoms with Crippen molar-refractivity contribution in [2.24, 2.45) is 0 Å². The molecule has 0 aliphatic carbocycles. The van der Waals surface area contributed by atoms with E-state index >= 15 is 0 Å². The van der Waals surface area contributed by atoms with Gasteiger partial charge in [0.2, 0.25) is 5.28 Å². The van der Waals surface area contributed by atoms with Crippen LogP contribution < -0.4 is 10.2 Å². The number of hydrogen-bond donors (Lipinski definition) is 1. The van der Waals surface area contributed by atoms with E-state index < -0.39 is 11.6 Å². The normalized spacial score (nSPS) is 14.1. The van der Waals surface area contributed by atoms with Crippen LogP contribution in [0.3, 0.4) is 0 Å². The molecule has 0 saturated heterocycles. The fourth-order valence-corrected chi connectivity index (χ4v) is 4.00. The van der Waals surface area contributed by atoms with Crippen LogP contribution in [0.15, 0.2) is 10.5 Å². The Kier molecular flexibility index (Phi) is 5.16. The van der Waals surface area contributed by atoms with Crippen molar-refractivity contribution in [3.8, 4) is 0 Å². The predicted octanol–water partition coefficient (Wildman–Crippen LogP) is 3.60. The van der Waals surface area contributed by atoms with Crippen molar-refractivity contribution in [1.82, 2.24) is 25.1 Å². The van der Waals surface area contributed by atoms with Gasteiger partial charge in [0, 0.05) is 31.1 Å². The number of carbonyl (C=O) groups excluding carboxylic acids is 1. The minimum Gasteiger partial charge on any atom is -0.354 e. The molecule has 29 heavy (non-hydrogen) atoms. The van der Waals surface area contributed by atoms with Crippen molar-refractivity contribution >= 4 is 50.2 Å². The lowest BCUT2D eigenvalue weighted by Crippen LogP contribution is -2.25. The Labute approximate surface area is 178 Å². The molecular weight excluding hydrogens is 470 g/mol. The molecule has 0 unspecified atom stereocenters. The topological polar surface area (TPSA) is 75.9 Å². The Bertz CT molecular complexity index is 1150. The van der Waals surface area contributed by atoms with Crippen LogP contribution in [0.5, 0.6) is 0 Å². The van der Waals surface area contributed by atoms with Crippen molar-refractivity contribution in [2.45, 2.75) is 26.4 Å². The minimum absolute atomic E-state index is 0.0613. The molecule has 0 atom stereocenters. The summed E-state index contributed by atoms with van der Waals surface area (Å²) in [6.07, 6.45) is 0.700. The van der Waals surface area contributed by atoms with Crippen LogP contribution in [-0.4, -0.2) is 39.2 Å². The van der Waals surface area contributed by atoms with Crippen molar-refractivity contribution in [3.63, 3.8) is 0 Å². The van der Waals surface area contributed by atoms with Crippen molar-refractivity contribution in [2.75, 3.05) is 18.5 Å². The zero-order valence-electron chi connectivity index (χ0n) is 15.6. The Morgan fingerprint density at radius 3 is 2.79 bits per heavy atom. The van der Waals surface area contributed by atoms with Gasteiger partial charge in [-0.3, -0.25) is 9.48 Å². The molecular formula is C18H16BrClF2N6O. The summed E-state index contributed by atoms with van der Waals surface area (Å²) in [5.41, 5.74) is 1.88. The number of anilines is 1. The van der Waals surface area contributed by atoms with Gasteiger partial charge in [0.1, 0.15) is 17.2 Å². The second kappa shape index (κ2) is 7.49. The van der Waals surface area contributed by atoms with Gasteiger partial charge >= 0.3 is 0 Å². The van der Waals surface area contributed by atoms with Crippen LogP contribution in [0.2, 0.25) is 5.28 Å². The van der Waals surface area contributed by atoms with Gasteiger partial charge in [0.25, 0.3) is 5.91 Å². The molecule has 1 N–H and O–H groups in total. The summed E-state index contributed by atoms with van der Waals surface area (Å²) in [6.45, 7) is 3.36. The van der Waals surface area contributed by atoms with Gasteiger partial charge in [-0.05, 0) is 46.9 Å². The first-order valence-electron chi connectivity index (χ1n) is 8.85. The summed E-state index contributed by atoms with van der Waals surface area (Å²) in [7, 11) is 1.55. The summed E-state index contributed by atoms with van der Waals surface area (Å²) in [5, 5.41) is 7.10. The van der Waals surface area contributed by atoms with E-state index in [2.05, 4.69) is 36.3 Å². The number of aromatic nitrogens is 4. The van der Waals surface area contributed by atoms with Gasteiger partial charge in [0.15, 0.2) is 11.5 Å². The number of carbonyl (C=O) groups is 1. The Morgan fingerprint density at radius 1 is 1.31 bits per heavy atom. The zero-order chi connectivity index (χ0) is 20.9. The average Bonchev–Trinajstić information content (AvgIpc) is 2.88. The molecule has 1 aliphatic heterocycles. The molecule has 7 nitrogen and oxygen atoms in total. The Balaban J connectivity index is 1.85. The third kappa shape index (κ3) is 3.33. The second-order valence-electron chi connectivity index (χ2n) is 6.70. The van der Waals surface area contributed by atoms with Gasteiger partial charge < -0.3 is 10.2 Å². The molecule has 152 valence electrons. The van der Waals surface area contributed by atoms with E-state index in [0.29, 0.717) is 37.6 Å². The fraction of sp³-hybridized carbons (Fsp3) is 0.333. The maximum absolute atomic E-state index is 14.6. The van der Waals surface area contributed by atoms with Gasteiger partial charge in [0.05, 0.1) is 16.7 Å². The summed E-state index contributed by atoms with van der Waals surface area (Å²) in [5.74, 6) is -1.51. The third-order valence-electron chi connectivity index (χ3n) is 4.98. The highest BCUT2D eigenvalue weighted by atomic mass is 79.9. The van der Waals surface area contributed by atoms with Crippen molar-refractivity contribution < 1.29 is 13.6 Å². The standard InChI is InChI=1S/C18H16BrClF2N6O/c1-8-11-7-27(4-3-5-28(11)26-14(8)17(29)23-2)16-9-6-10(21)12(19)13(22)15(9)24-18(20)25-16/h6H,3-5,7H2,1-2H3,(H,23,29). The maximum atomic E-state index is 14.6. The molecule has 4 rings (SSSR count). The molecule has 0 spiro atoms. The molecule has 0 radical (unpaired) electrons. The average molecular weight is 486 g/mol. The lowest BCUT2D eigenvalue weighted by molar-refractivity contribution is 0.0956. The highest BCUT2D eigenvalue weighted by Crippen LogP contribution is 2.34. The van der Waals surface area contributed by atoms with Gasteiger partial charge in [-0.25, -0.2) is 13.8 Å². The van der Waals surface area contributed by atoms with E-state index in [-0.39, 0.29) is 26.6 Å². The molecule has 1 amide bonds. The van der Waals surface area contributed by atoms with Gasteiger partial charge in [-0.1, -0.05) is 0 Å². The monoisotopic (exact) mass is 484 g/mol. The maximum Gasteiger partial charge on any atom is 0.271 e. The lowest BCUT2D eigenvalue weighted by Gasteiger charge is -2.23. The number of aryl methyl sites for hydroxylation is 1. The second-order valence-corrected chi connectivity index (χ2v) is 7.83. The number of halogens is 4. The van der Waals surface area contributed by atoms with Crippen LogP contribution in [0, 0.1) is 18.6 Å². The van der Waals surface area contributed by atoms with Crippen LogP contribution >= 0.6 is 27.5 Å². The molecule has 0 fully saturated rings. The minimum atomic E-state index is -0.830. The number of rotatable bonds is 2. The fourth-order valence-electron chi connectivity index (χ4n) is 3.53. The molecule has 1 aromatic carbocycles. The molecule has 0 bridgehead atoms. The summed E-state index contributed by atoms with van der Waals surface area (Å²) in [6, 6.07) is 1.19. The van der Waals surface area contributed by atoms with Crippen LogP contribution in [0.25, 0.3) is 10.9 Å². The highest BCUT2D eigenvalue weighted by Gasteiger charge is 2.26. The lowest BCUT2D eigenvalue weighted by atomic mass is 10.1. The molecule has 2 aromatic heterocycles. The van der Waals surface area contributed by atoms with E-state index in [9.17, 15) is 13.6 Å². The van der Waals surface area contributed by atoms with E-state index in [1.807, 2.05) is 11.8 Å². The van der Waals surface area contributed by atoms with E-state index in [4.69, 9.17) is 11.6 Å². The highest BCUT2D eigenvalue weighted by molar-refractivity contribution is 9.10. The third-order valence-corrected chi connectivity index (χ3v) is 5.88. The van der Waals surface area contributed by atoms with Crippen molar-refractivity contribution in [3.05, 3.63) is 44.4 Å². The van der Waals surface area contributed by atoms with Crippen molar-refractivity contribution in [1.29, 1.82) is 0 Å². The number of nitrogens with zero attached hydrogens (tertiary/aromatic N) is 5. The van der Waals surface area contributed by atoms with Crippen LogP contribution in [-0.2, 0) is 13.1 Å². The van der Waals surface area contributed by atoms with Crippen LogP contribution in [0.1, 0.15) is 28.2 Å². The SMILES string of the molecule is CNC(=O)c1nn2c(c1C)CN(c1nc(Cl)nc3c(F)c(Br)c(F)cc13)CCC2. The van der Waals surface area contributed by atoms with Gasteiger partial charge in [-0.2, -0.15) is 10.1 Å². The summed E-state index contributed by atoms with van der Waals surface area (Å²) < 4.78 is 30.3. The first-order valence-corrected chi connectivity index (χ1v) is 10.0. The summed E-state index contributed by atoms with van der Waals surface area (Å²) in [4.78, 5) is 22.2. The first kappa shape index (κ1) is 20.0. The number of amides is 1. The molecule has 11 heteroatoms. The van der Waals surface area contributed by atoms with Gasteiger partial charge in [-0.15, -0.1) is 0 Å². The van der Waals surface area contributed by atoms with E-state index in [0.717, 1.165) is 11.3 Å². The number of nitrogens with one attached hydrogen (secondary N) is 1. The predicted molar refractivity (Wildman–Crippen MR) is 108 cm³/mol. The molecule has 0 saturated carbocycles. The Hall–Kier alpha value is -2.33. The molecule has 3 aromatic rings. The molecule has 3 heterocycles. The Morgan fingerprint density at radius 2 is 2.07 bits per heavy atom.